The topological polar surface area (TPSA) is 76.9 Å². The molecule has 0 aliphatic carbocycles. The summed E-state index contributed by atoms with van der Waals surface area (Å²) in [4.78, 5) is 0. The van der Waals surface area contributed by atoms with Crippen LogP contribution in [-0.4, -0.2) is 42.5 Å². The Hall–Kier alpha value is -0.470. The molecule has 0 saturated carbocycles. The highest BCUT2D eigenvalue weighted by Crippen LogP contribution is 2.21. The van der Waals surface area contributed by atoms with Gasteiger partial charge in [-0.2, -0.15) is 0 Å². The molecule has 1 N–H and O–H groups in total. The summed E-state index contributed by atoms with van der Waals surface area (Å²) in [5.74, 6) is 0.0172. The second kappa shape index (κ2) is 4.58. The molecule has 8 heteroatoms. The highest BCUT2D eigenvalue weighted by atomic mass is 79.9. The van der Waals surface area contributed by atoms with Crippen molar-refractivity contribution in [3.8, 4) is 0 Å². The Bertz CT molecular complexity index is 422. The van der Waals surface area contributed by atoms with Crippen LogP contribution in [0.2, 0.25) is 0 Å². The summed E-state index contributed by atoms with van der Waals surface area (Å²) in [6.07, 6.45) is 1.20. The van der Waals surface area contributed by atoms with Gasteiger partial charge in [0.1, 0.15) is 9.84 Å². The molecule has 1 aromatic rings. The zero-order chi connectivity index (χ0) is 11.6. The Morgan fingerprint density at radius 1 is 1.60 bits per heavy atom. The summed E-state index contributed by atoms with van der Waals surface area (Å²) in [6.45, 7) is 0. The molecule has 1 rings (SSSR count). The van der Waals surface area contributed by atoms with E-state index in [0.29, 0.717) is 4.60 Å². The van der Waals surface area contributed by atoms with Crippen LogP contribution in [0.1, 0.15) is 11.7 Å². The monoisotopic (exact) mass is 296 g/mol. The summed E-state index contributed by atoms with van der Waals surface area (Å²) in [7, 11) is 0.378. The predicted molar refractivity (Wildman–Crippen MR) is 60.2 cm³/mol. The lowest BCUT2D eigenvalue weighted by Gasteiger charge is -2.14. The van der Waals surface area contributed by atoms with Crippen LogP contribution in [0.25, 0.3) is 0 Å². The van der Waals surface area contributed by atoms with Gasteiger partial charge in [0.05, 0.1) is 17.5 Å². The van der Waals surface area contributed by atoms with E-state index in [1.54, 1.807) is 18.8 Å². The Labute approximate surface area is 97.1 Å². The Balaban J connectivity index is 3.03. The fourth-order valence-corrected chi connectivity index (χ4v) is 2.84. The quantitative estimate of drug-likeness (QED) is 0.838. The number of hydrogen-bond acceptors (Lipinski definition) is 5. The fourth-order valence-electron chi connectivity index (χ4n) is 1.31. The van der Waals surface area contributed by atoms with Gasteiger partial charge in [0.2, 0.25) is 0 Å². The molecule has 0 bridgehead atoms. The van der Waals surface area contributed by atoms with Crippen molar-refractivity contribution < 1.29 is 8.42 Å². The molecule has 15 heavy (non-hydrogen) atoms. The molecular weight excluding hydrogens is 284 g/mol. The van der Waals surface area contributed by atoms with Gasteiger partial charge in [0.15, 0.2) is 4.60 Å². The minimum absolute atomic E-state index is 0.0172. The van der Waals surface area contributed by atoms with E-state index in [4.69, 9.17) is 0 Å². The predicted octanol–water partition coefficient (Wildman–Crippen LogP) is -0.117. The van der Waals surface area contributed by atoms with Crippen LogP contribution in [0.5, 0.6) is 0 Å². The maximum atomic E-state index is 11.2. The van der Waals surface area contributed by atoms with E-state index in [0.717, 1.165) is 5.69 Å². The van der Waals surface area contributed by atoms with Gasteiger partial charge in [0.25, 0.3) is 0 Å². The number of aryl methyl sites for hydroxylation is 1. The van der Waals surface area contributed by atoms with Crippen LogP contribution < -0.4 is 5.32 Å². The molecule has 1 atom stereocenters. The number of nitrogens with one attached hydrogen (secondary N) is 1. The molecule has 0 spiro atoms. The second-order valence-electron chi connectivity index (χ2n) is 3.32. The van der Waals surface area contributed by atoms with E-state index in [9.17, 15) is 8.42 Å². The summed E-state index contributed by atoms with van der Waals surface area (Å²) in [5, 5.41) is 10.5. The van der Waals surface area contributed by atoms with Crippen molar-refractivity contribution in [2.75, 3.05) is 19.1 Å². The lowest BCUT2D eigenvalue weighted by Crippen LogP contribution is -2.27. The van der Waals surface area contributed by atoms with Gasteiger partial charge in [-0.05, 0) is 23.0 Å². The summed E-state index contributed by atoms with van der Waals surface area (Å²) >= 11 is 3.24. The first-order valence-corrected chi connectivity index (χ1v) is 7.10. The second-order valence-corrected chi connectivity index (χ2v) is 6.26. The molecule has 1 unspecified atom stereocenters. The van der Waals surface area contributed by atoms with Crippen LogP contribution in [0.15, 0.2) is 4.60 Å². The molecular formula is C7H13BrN4O2S. The van der Waals surface area contributed by atoms with Crippen LogP contribution in [0.4, 0.5) is 0 Å². The lowest BCUT2D eigenvalue weighted by atomic mass is 10.2. The van der Waals surface area contributed by atoms with E-state index in [-0.39, 0.29) is 11.8 Å². The van der Waals surface area contributed by atoms with Crippen LogP contribution in [0, 0.1) is 0 Å². The van der Waals surface area contributed by atoms with Gasteiger partial charge < -0.3 is 5.32 Å². The highest BCUT2D eigenvalue weighted by molar-refractivity contribution is 9.10. The molecule has 0 fully saturated rings. The number of halogens is 1. The third-order valence-electron chi connectivity index (χ3n) is 1.97. The van der Waals surface area contributed by atoms with E-state index in [2.05, 4.69) is 31.6 Å². The summed E-state index contributed by atoms with van der Waals surface area (Å²) in [5.41, 5.74) is 0.725. The number of hydrogen-bond donors (Lipinski definition) is 1. The third-order valence-corrected chi connectivity index (χ3v) is 3.48. The molecule has 86 valence electrons. The zero-order valence-electron chi connectivity index (χ0n) is 8.73. The van der Waals surface area contributed by atoms with E-state index < -0.39 is 9.84 Å². The third kappa shape index (κ3) is 3.25. The molecule has 0 radical (unpaired) electrons. The maximum Gasteiger partial charge on any atom is 0.153 e. The van der Waals surface area contributed by atoms with Crippen molar-refractivity contribution in [2.24, 2.45) is 7.05 Å². The maximum absolute atomic E-state index is 11.2. The largest absolute Gasteiger partial charge is 0.311 e. The minimum atomic E-state index is -3.05. The molecule has 0 aliphatic heterocycles. The van der Waals surface area contributed by atoms with Crippen molar-refractivity contribution in [1.29, 1.82) is 0 Å². The SMILES string of the molecule is CNC(CS(C)(=O)=O)c1c(Br)nnn1C. The molecule has 1 heterocycles. The van der Waals surface area contributed by atoms with Gasteiger partial charge in [-0.1, -0.05) is 5.21 Å². The molecule has 1 aromatic heterocycles. The van der Waals surface area contributed by atoms with Gasteiger partial charge in [0, 0.05) is 13.3 Å². The first-order chi connectivity index (χ1) is 6.85. The molecule has 0 aromatic carbocycles. The molecule has 6 nitrogen and oxygen atoms in total. The Morgan fingerprint density at radius 2 is 2.20 bits per heavy atom. The smallest absolute Gasteiger partial charge is 0.153 e. The number of rotatable bonds is 4. The Morgan fingerprint density at radius 3 is 2.53 bits per heavy atom. The lowest BCUT2D eigenvalue weighted by molar-refractivity contribution is 0.551. The van der Waals surface area contributed by atoms with Crippen molar-refractivity contribution >= 4 is 25.8 Å². The Kier molecular flexibility index (Phi) is 3.85. The van der Waals surface area contributed by atoms with Crippen LogP contribution >= 0.6 is 15.9 Å². The molecule has 0 saturated heterocycles. The average Bonchev–Trinajstić information content (AvgIpc) is 2.41. The summed E-state index contributed by atoms with van der Waals surface area (Å²) < 4.78 is 24.5. The minimum Gasteiger partial charge on any atom is -0.311 e. The number of aromatic nitrogens is 3. The van der Waals surface area contributed by atoms with Crippen molar-refractivity contribution in [3.05, 3.63) is 10.3 Å². The number of sulfone groups is 1. The van der Waals surface area contributed by atoms with Crippen molar-refractivity contribution in [2.45, 2.75) is 6.04 Å². The van der Waals surface area contributed by atoms with E-state index in [1.807, 2.05) is 0 Å². The van der Waals surface area contributed by atoms with Gasteiger partial charge in [-0.25, -0.2) is 13.1 Å². The number of nitrogens with zero attached hydrogens (tertiary/aromatic N) is 3. The van der Waals surface area contributed by atoms with Crippen molar-refractivity contribution in [3.63, 3.8) is 0 Å². The van der Waals surface area contributed by atoms with Crippen LogP contribution in [0.3, 0.4) is 0 Å². The first kappa shape index (κ1) is 12.6. The fraction of sp³-hybridized carbons (Fsp3) is 0.714. The average molecular weight is 297 g/mol. The van der Waals surface area contributed by atoms with Crippen LogP contribution in [-0.2, 0) is 16.9 Å². The van der Waals surface area contributed by atoms with Gasteiger partial charge >= 0.3 is 0 Å². The standard InChI is InChI=1S/C7H13BrN4O2S/c1-9-5(4-15(3,13)14)6-7(8)10-11-12(6)2/h5,9H,4H2,1-3H3. The van der Waals surface area contributed by atoms with Gasteiger partial charge in [-0.3, -0.25) is 0 Å². The van der Waals surface area contributed by atoms with Crippen molar-refractivity contribution in [1.82, 2.24) is 20.3 Å². The zero-order valence-corrected chi connectivity index (χ0v) is 11.1. The van der Waals surface area contributed by atoms with E-state index in [1.165, 1.54) is 6.26 Å². The van der Waals surface area contributed by atoms with E-state index >= 15 is 0 Å². The first-order valence-electron chi connectivity index (χ1n) is 4.25. The summed E-state index contributed by atoms with van der Waals surface area (Å²) in [6, 6.07) is -0.311. The van der Waals surface area contributed by atoms with Gasteiger partial charge in [-0.15, -0.1) is 5.10 Å². The normalized spacial score (nSPS) is 14.1. The molecule has 0 aliphatic rings. The highest BCUT2D eigenvalue weighted by Gasteiger charge is 2.22. The molecule has 0 amide bonds.